The monoisotopic (exact) mass is 449 g/mol. The summed E-state index contributed by atoms with van der Waals surface area (Å²) in [6.45, 7) is 6.60. The fourth-order valence-corrected chi connectivity index (χ4v) is 5.86. The zero-order valence-electron chi connectivity index (χ0n) is 17.3. The van der Waals surface area contributed by atoms with Gasteiger partial charge in [-0.3, -0.25) is 9.36 Å². The molecule has 0 aliphatic heterocycles. The average molecular weight is 450 g/mol. The molecule has 0 spiro atoms. The van der Waals surface area contributed by atoms with E-state index in [4.69, 9.17) is 0 Å². The second-order valence-electron chi connectivity index (χ2n) is 7.58. The number of rotatable bonds is 7. The second-order valence-corrected chi connectivity index (χ2v) is 9.62. The lowest BCUT2D eigenvalue weighted by molar-refractivity contribution is -0.113. The number of benzene rings is 1. The lowest BCUT2D eigenvalue weighted by Crippen LogP contribution is -2.15. The summed E-state index contributed by atoms with van der Waals surface area (Å²) in [6.07, 6.45) is 4.76. The van der Waals surface area contributed by atoms with Gasteiger partial charge in [0.1, 0.15) is 11.1 Å². The molecule has 1 aromatic carbocycles. The van der Waals surface area contributed by atoms with E-state index in [9.17, 15) is 10.1 Å². The molecule has 2 aromatic heterocycles. The Balaban J connectivity index is 1.47. The van der Waals surface area contributed by atoms with Gasteiger partial charge in [-0.1, -0.05) is 55.1 Å². The standard InChI is InChI=1S/C23H23N5OS2/c1-3-11-28-21(16-7-5-4-6-8-16)26-27-23(28)30-14-20(29)25-22-18(13-24)17-10-9-15(2)12-19(17)31-22/h3-8,15H,1,9-12,14H2,2H3,(H,25,29)/t15-/m0/s1. The largest absolute Gasteiger partial charge is 0.316 e. The maximum atomic E-state index is 12.7. The van der Waals surface area contributed by atoms with Crippen molar-refractivity contribution in [3.05, 3.63) is 59.0 Å². The zero-order chi connectivity index (χ0) is 21.8. The summed E-state index contributed by atoms with van der Waals surface area (Å²) >= 11 is 2.87. The molecule has 4 rings (SSSR count). The third-order valence-electron chi connectivity index (χ3n) is 5.27. The van der Waals surface area contributed by atoms with E-state index in [2.05, 4.69) is 35.1 Å². The summed E-state index contributed by atoms with van der Waals surface area (Å²) in [4.78, 5) is 13.9. The average Bonchev–Trinajstić information content (AvgIpc) is 3.33. The number of fused-ring (bicyclic) bond motifs is 1. The molecule has 0 radical (unpaired) electrons. The van der Waals surface area contributed by atoms with E-state index in [1.165, 1.54) is 16.6 Å². The van der Waals surface area contributed by atoms with Gasteiger partial charge in [-0.25, -0.2) is 0 Å². The number of carbonyl (C=O) groups is 1. The number of nitrogens with zero attached hydrogens (tertiary/aromatic N) is 4. The minimum absolute atomic E-state index is 0.150. The number of aromatic nitrogens is 3. The molecule has 0 saturated heterocycles. The Bertz CT molecular complexity index is 1140. The van der Waals surface area contributed by atoms with Crippen LogP contribution >= 0.6 is 23.1 Å². The molecule has 6 nitrogen and oxygen atoms in total. The molecule has 1 N–H and O–H groups in total. The molecule has 0 fully saturated rings. The van der Waals surface area contributed by atoms with Crippen LogP contribution in [0.1, 0.15) is 29.3 Å². The highest BCUT2D eigenvalue weighted by Crippen LogP contribution is 2.39. The molecular formula is C23H23N5OS2. The van der Waals surface area contributed by atoms with Gasteiger partial charge < -0.3 is 5.32 Å². The molecule has 1 atom stereocenters. The summed E-state index contributed by atoms with van der Waals surface area (Å²) in [5.41, 5.74) is 2.71. The number of amides is 1. The first-order chi connectivity index (χ1) is 15.1. The predicted molar refractivity (Wildman–Crippen MR) is 125 cm³/mol. The van der Waals surface area contributed by atoms with Gasteiger partial charge in [-0.15, -0.1) is 28.1 Å². The van der Waals surface area contributed by atoms with Gasteiger partial charge in [-0.2, -0.15) is 5.26 Å². The number of allylic oxidation sites excluding steroid dienone is 1. The van der Waals surface area contributed by atoms with Crippen LogP contribution in [0.2, 0.25) is 0 Å². The normalized spacial score (nSPS) is 15.2. The van der Waals surface area contributed by atoms with Gasteiger partial charge in [0.05, 0.1) is 11.3 Å². The van der Waals surface area contributed by atoms with E-state index < -0.39 is 0 Å². The number of thioether (sulfide) groups is 1. The molecular weight excluding hydrogens is 426 g/mol. The van der Waals surface area contributed by atoms with Crippen molar-refractivity contribution in [3.8, 4) is 17.5 Å². The number of hydrogen-bond donors (Lipinski definition) is 1. The first kappa shape index (κ1) is 21.3. The molecule has 8 heteroatoms. The van der Waals surface area contributed by atoms with E-state index in [1.54, 1.807) is 17.4 Å². The second kappa shape index (κ2) is 9.50. The minimum Gasteiger partial charge on any atom is -0.316 e. The molecule has 3 aromatic rings. The van der Waals surface area contributed by atoms with Crippen LogP contribution in [0.15, 0.2) is 48.1 Å². The Hall–Kier alpha value is -2.89. The van der Waals surface area contributed by atoms with E-state index >= 15 is 0 Å². The first-order valence-electron chi connectivity index (χ1n) is 10.2. The van der Waals surface area contributed by atoms with E-state index in [0.29, 0.717) is 28.2 Å². The van der Waals surface area contributed by atoms with E-state index in [-0.39, 0.29) is 11.7 Å². The Kier molecular flexibility index (Phi) is 6.54. The van der Waals surface area contributed by atoms with Gasteiger partial charge >= 0.3 is 0 Å². The molecule has 0 unspecified atom stereocenters. The highest BCUT2D eigenvalue weighted by molar-refractivity contribution is 7.99. The van der Waals surface area contributed by atoms with Crippen molar-refractivity contribution in [1.29, 1.82) is 5.26 Å². The number of nitrogens with one attached hydrogen (secondary N) is 1. The highest BCUT2D eigenvalue weighted by Gasteiger charge is 2.25. The van der Waals surface area contributed by atoms with Crippen LogP contribution in [0.4, 0.5) is 5.00 Å². The maximum absolute atomic E-state index is 12.7. The Morgan fingerprint density at radius 3 is 2.97 bits per heavy atom. The zero-order valence-corrected chi connectivity index (χ0v) is 18.9. The molecule has 1 aliphatic rings. The summed E-state index contributed by atoms with van der Waals surface area (Å²) in [7, 11) is 0. The smallest absolute Gasteiger partial charge is 0.235 e. The minimum atomic E-state index is -0.150. The van der Waals surface area contributed by atoms with E-state index in [0.717, 1.165) is 36.2 Å². The van der Waals surface area contributed by atoms with Crippen molar-refractivity contribution in [3.63, 3.8) is 0 Å². The van der Waals surface area contributed by atoms with Crippen molar-refractivity contribution >= 4 is 34.0 Å². The molecule has 0 bridgehead atoms. The van der Waals surface area contributed by atoms with Gasteiger partial charge in [0, 0.05) is 17.0 Å². The van der Waals surface area contributed by atoms with Crippen molar-refractivity contribution < 1.29 is 4.79 Å². The van der Waals surface area contributed by atoms with Crippen LogP contribution in [-0.4, -0.2) is 26.4 Å². The van der Waals surface area contributed by atoms with E-state index in [1.807, 2.05) is 34.9 Å². The van der Waals surface area contributed by atoms with Crippen molar-refractivity contribution in [2.45, 2.75) is 37.9 Å². The molecule has 1 amide bonds. The highest BCUT2D eigenvalue weighted by atomic mass is 32.2. The third-order valence-corrected chi connectivity index (χ3v) is 7.41. The fourth-order valence-electron chi connectivity index (χ4n) is 3.74. The molecule has 2 heterocycles. The maximum Gasteiger partial charge on any atom is 0.235 e. The Morgan fingerprint density at radius 1 is 1.42 bits per heavy atom. The van der Waals surface area contributed by atoms with Crippen LogP contribution in [-0.2, 0) is 24.2 Å². The number of anilines is 1. The summed E-state index contributed by atoms with van der Waals surface area (Å²) in [5, 5.41) is 22.5. The molecule has 0 saturated carbocycles. The van der Waals surface area contributed by atoms with Crippen molar-refractivity contribution in [2.75, 3.05) is 11.1 Å². The summed E-state index contributed by atoms with van der Waals surface area (Å²) in [6, 6.07) is 12.1. The first-order valence-corrected chi connectivity index (χ1v) is 12.0. The van der Waals surface area contributed by atoms with Gasteiger partial charge in [0.2, 0.25) is 5.91 Å². The summed E-state index contributed by atoms with van der Waals surface area (Å²) in [5.74, 6) is 1.40. The predicted octanol–water partition coefficient (Wildman–Crippen LogP) is 4.92. The van der Waals surface area contributed by atoms with Crippen molar-refractivity contribution in [1.82, 2.24) is 14.8 Å². The number of carbonyl (C=O) groups excluding carboxylic acids is 1. The number of nitriles is 1. The third kappa shape index (κ3) is 4.58. The van der Waals surface area contributed by atoms with Crippen molar-refractivity contribution in [2.24, 2.45) is 5.92 Å². The quantitative estimate of drug-likeness (QED) is 0.409. The van der Waals surface area contributed by atoms with Crippen LogP contribution in [0, 0.1) is 17.2 Å². The Morgan fingerprint density at radius 2 is 2.23 bits per heavy atom. The van der Waals surface area contributed by atoms with Crippen LogP contribution in [0.5, 0.6) is 0 Å². The number of thiophene rings is 1. The van der Waals surface area contributed by atoms with Gasteiger partial charge in [-0.05, 0) is 30.7 Å². The molecule has 1 aliphatic carbocycles. The Labute approximate surface area is 190 Å². The van der Waals surface area contributed by atoms with Gasteiger partial charge in [0.15, 0.2) is 11.0 Å². The summed E-state index contributed by atoms with van der Waals surface area (Å²) < 4.78 is 1.95. The topological polar surface area (TPSA) is 83.6 Å². The van der Waals surface area contributed by atoms with Crippen LogP contribution in [0.3, 0.4) is 0 Å². The van der Waals surface area contributed by atoms with Crippen LogP contribution in [0.25, 0.3) is 11.4 Å². The lowest BCUT2D eigenvalue weighted by Gasteiger charge is -2.17. The molecule has 31 heavy (non-hydrogen) atoms. The molecule has 158 valence electrons. The lowest BCUT2D eigenvalue weighted by atomic mass is 9.89. The van der Waals surface area contributed by atoms with Crippen LogP contribution < -0.4 is 5.32 Å². The fraction of sp³-hybridized carbons (Fsp3) is 0.304. The SMILES string of the molecule is C=CCn1c(SCC(=O)Nc2sc3c(c2C#N)CC[C@H](C)C3)nnc1-c1ccccc1. The van der Waals surface area contributed by atoms with Gasteiger partial charge in [0.25, 0.3) is 0 Å². The number of hydrogen-bond acceptors (Lipinski definition) is 6.